The fraction of sp³-hybridized carbons (Fsp3) is 0.500. The normalized spacial score (nSPS) is 28.6. The standard InChI is InChI=1S/C22H24O5/c1-12(23)26-19-10-14-4-5-16-15(17(14)11-20(19)27-13(2)24)8-9-22(3)18(16)6-7-21(22)25/h8,10-11,16,18H,4-7,9H2,1-3H3/t16-,18+,22+/m1/s1. The van der Waals surface area contributed by atoms with Crippen LogP contribution in [0.5, 0.6) is 11.5 Å². The molecule has 0 N–H and O–H groups in total. The number of fused-ring (bicyclic) bond motifs is 5. The third-order valence-corrected chi connectivity index (χ3v) is 6.48. The third-order valence-electron chi connectivity index (χ3n) is 6.48. The van der Waals surface area contributed by atoms with Crippen LogP contribution in [0, 0.1) is 17.3 Å². The predicted octanol–water partition coefficient (Wildman–Crippen LogP) is 3.87. The maximum absolute atomic E-state index is 12.4. The topological polar surface area (TPSA) is 69.7 Å². The van der Waals surface area contributed by atoms with Crippen molar-refractivity contribution in [1.29, 1.82) is 0 Å². The number of hydrogen-bond acceptors (Lipinski definition) is 5. The molecule has 0 radical (unpaired) electrons. The SMILES string of the molecule is CC(=O)Oc1cc2c(cc1OC(C)=O)C1=CC[C@]3(C)C(=O)CC[C@H]3[C@@H]1CC2. The van der Waals surface area contributed by atoms with Gasteiger partial charge in [-0.05, 0) is 66.4 Å². The van der Waals surface area contributed by atoms with Crippen molar-refractivity contribution in [2.75, 3.05) is 0 Å². The monoisotopic (exact) mass is 368 g/mol. The summed E-state index contributed by atoms with van der Waals surface area (Å²) in [6, 6.07) is 3.64. The van der Waals surface area contributed by atoms with Crippen LogP contribution >= 0.6 is 0 Å². The molecular weight excluding hydrogens is 344 g/mol. The van der Waals surface area contributed by atoms with Crippen LogP contribution in [0.2, 0.25) is 0 Å². The molecule has 0 heterocycles. The summed E-state index contributed by atoms with van der Waals surface area (Å²) in [4.78, 5) is 35.4. The molecule has 3 atom stereocenters. The van der Waals surface area contributed by atoms with E-state index < -0.39 is 11.9 Å². The lowest BCUT2D eigenvalue weighted by Gasteiger charge is -2.43. The van der Waals surface area contributed by atoms with Crippen LogP contribution in [0.4, 0.5) is 0 Å². The van der Waals surface area contributed by atoms with Gasteiger partial charge in [-0.15, -0.1) is 0 Å². The molecule has 0 saturated heterocycles. The van der Waals surface area contributed by atoms with Gasteiger partial charge in [-0.2, -0.15) is 0 Å². The van der Waals surface area contributed by atoms with Crippen molar-refractivity contribution in [3.05, 3.63) is 29.3 Å². The number of ketones is 1. The second kappa shape index (κ2) is 6.32. The molecular formula is C22H24O5. The van der Waals surface area contributed by atoms with Crippen LogP contribution < -0.4 is 9.47 Å². The highest BCUT2D eigenvalue weighted by atomic mass is 16.6. The van der Waals surface area contributed by atoms with Crippen molar-refractivity contribution in [2.24, 2.45) is 17.3 Å². The maximum Gasteiger partial charge on any atom is 0.308 e. The van der Waals surface area contributed by atoms with Gasteiger partial charge in [0.25, 0.3) is 0 Å². The van der Waals surface area contributed by atoms with Crippen LogP contribution in [-0.2, 0) is 20.8 Å². The number of ether oxygens (including phenoxy) is 2. The molecule has 5 nitrogen and oxygen atoms in total. The van der Waals surface area contributed by atoms with E-state index in [0.29, 0.717) is 24.0 Å². The van der Waals surface area contributed by atoms with E-state index in [9.17, 15) is 14.4 Å². The Bertz CT molecular complexity index is 881. The number of carbonyl (C=O) groups excluding carboxylic acids is 3. The van der Waals surface area contributed by atoms with Crippen molar-refractivity contribution in [3.63, 3.8) is 0 Å². The van der Waals surface area contributed by atoms with E-state index in [1.807, 2.05) is 12.1 Å². The highest BCUT2D eigenvalue weighted by Gasteiger charge is 2.52. The second-order valence-corrected chi connectivity index (χ2v) is 8.14. The first kappa shape index (κ1) is 18.0. The molecule has 3 aliphatic carbocycles. The van der Waals surface area contributed by atoms with Crippen molar-refractivity contribution < 1.29 is 23.9 Å². The van der Waals surface area contributed by atoms with E-state index in [1.54, 1.807) is 0 Å². The van der Waals surface area contributed by atoms with Gasteiger partial charge in [0.1, 0.15) is 5.78 Å². The molecule has 1 aromatic rings. The minimum atomic E-state index is -0.456. The van der Waals surface area contributed by atoms with E-state index >= 15 is 0 Å². The molecule has 4 rings (SSSR count). The van der Waals surface area contributed by atoms with E-state index in [4.69, 9.17) is 9.47 Å². The second-order valence-electron chi connectivity index (χ2n) is 8.14. The van der Waals surface area contributed by atoms with Crippen LogP contribution in [-0.4, -0.2) is 17.7 Å². The summed E-state index contributed by atoms with van der Waals surface area (Å²) in [6.45, 7) is 4.77. The van der Waals surface area contributed by atoms with Crippen LogP contribution in [0.3, 0.4) is 0 Å². The number of carbonyl (C=O) groups is 3. The first-order chi connectivity index (χ1) is 12.8. The summed E-state index contributed by atoms with van der Waals surface area (Å²) in [7, 11) is 0. The molecule has 0 spiro atoms. The van der Waals surface area contributed by atoms with E-state index in [2.05, 4.69) is 13.0 Å². The fourth-order valence-corrected chi connectivity index (χ4v) is 5.22. The molecule has 5 heteroatoms. The molecule has 142 valence electrons. The Morgan fingerprint density at radius 3 is 2.37 bits per heavy atom. The van der Waals surface area contributed by atoms with E-state index in [1.165, 1.54) is 19.4 Å². The smallest absolute Gasteiger partial charge is 0.308 e. The molecule has 0 unspecified atom stereocenters. The number of Topliss-reactive ketones (excluding diaryl/α,β-unsaturated/α-hetero) is 1. The molecule has 1 saturated carbocycles. The van der Waals surface area contributed by atoms with Crippen LogP contribution in [0.15, 0.2) is 18.2 Å². The van der Waals surface area contributed by atoms with Crippen LogP contribution in [0.25, 0.3) is 5.57 Å². The van der Waals surface area contributed by atoms with Gasteiger partial charge < -0.3 is 9.47 Å². The van der Waals surface area contributed by atoms with E-state index in [-0.39, 0.29) is 16.9 Å². The zero-order chi connectivity index (χ0) is 19.3. The Kier molecular flexibility index (Phi) is 4.21. The van der Waals surface area contributed by atoms with Crippen molar-refractivity contribution in [3.8, 4) is 11.5 Å². The average Bonchev–Trinajstić information content (AvgIpc) is 2.89. The number of allylic oxidation sites excluding steroid dienone is 2. The Labute approximate surface area is 158 Å². The number of benzene rings is 1. The Hall–Kier alpha value is -2.43. The lowest BCUT2D eigenvalue weighted by Crippen LogP contribution is -2.38. The highest BCUT2D eigenvalue weighted by molar-refractivity contribution is 5.89. The minimum absolute atomic E-state index is 0.234. The number of rotatable bonds is 2. The molecule has 3 aliphatic rings. The van der Waals surface area contributed by atoms with Gasteiger partial charge in [-0.1, -0.05) is 13.0 Å². The summed E-state index contributed by atoms with van der Waals surface area (Å²) in [5.41, 5.74) is 3.16. The highest BCUT2D eigenvalue weighted by Crippen LogP contribution is 2.57. The number of hydrogen-bond donors (Lipinski definition) is 0. The molecule has 1 aromatic carbocycles. The van der Waals surface area contributed by atoms with Crippen molar-refractivity contribution >= 4 is 23.3 Å². The molecule has 0 aliphatic heterocycles. The minimum Gasteiger partial charge on any atom is -0.423 e. The van der Waals surface area contributed by atoms with Crippen molar-refractivity contribution in [1.82, 2.24) is 0 Å². The van der Waals surface area contributed by atoms with Gasteiger partial charge in [0, 0.05) is 25.7 Å². The van der Waals surface area contributed by atoms with Crippen LogP contribution in [0.1, 0.15) is 57.6 Å². The van der Waals surface area contributed by atoms with Gasteiger partial charge in [0.15, 0.2) is 11.5 Å². The summed E-state index contributed by atoms with van der Waals surface area (Å²) in [5.74, 6) is 0.771. The molecule has 0 amide bonds. The first-order valence-corrected chi connectivity index (χ1v) is 9.57. The predicted molar refractivity (Wildman–Crippen MR) is 99.3 cm³/mol. The molecule has 0 bridgehead atoms. The van der Waals surface area contributed by atoms with Gasteiger partial charge in [0.2, 0.25) is 0 Å². The third kappa shape index (κ3) is 2.89. The van der Waals surface area contributed by atoms with Gasteiger partial charge in [-0.3, -0.25) is 14.4 Å². The lowest BCUT2D eigenvalue weighted by molar-refractivity contribution is -0.134. The summed E-state index contributed by atoms with van der Waals surface area (Å²) in [6.07, 6.45) is 6.43. The number of aryl methyl sites for hydroxylation is 1. The Balaban J connectivity index is 1.78. The lowest BCUT2D eigenvalue weighted by atomic mass is 9.60. The first-order valence-electron chi connectivity index (χ1n) is 9.57. The van der Waals surface area contributed by atoms with Gasteiger partial charge >= 0.3 is 11.9 Å². The zero-order valence-corrected chi connectivity index (χ0v) is 16.0. The fourth-order valence-electron chi connectivity index (χ4n) is 5.22. The quantitative estimate of drug-likeness (QED) is 0.585. The average molecular weight is 368 g/mol. The number of esters is 2. The summed E-state index contributed by atoms with van der Waals surface area (Å²) in [5, 5.41) is 0. The Morgan fingerprint density at radius 2 is 1.70 bits per heavy atom. The van der Waals surface area contributed by atoms with Gasteiger partial charge in [-0.25, -0.2) is 0 Å². The molecule has 27 heavy (non-hydrogen) atoms. The van der Waals surface area contributed by atoms with E-state index in [0.717, 1.165) is 36.8 Å². The van der Waals surface area contributed by atoms with Gasteiger partial charge in [0.05, 0.1) is 0 Å². The largest absolute Gasteiger partial charge is 0.423 e. The maximum atomic E-state index is 12.4. The zero-order valence-electron chi connectivity index (χ0n) is 16.0. The van der Waals surface area contributed by atoms with Crippen molar-refractivity contribution in [2.45, 2.75) is 52.9 Å². The Morgan fingerprint density at radius 1 is 1.04 bits per heavy atom. The summed E-state index contributed by atoms with van der Waals surface area (Å²) < 4.78 is 10.6. The molecule has 0 aromatic heterocycles. The molecule has 1 fully saturated rings. The summed E-state index contributed by atoms with van der Waals surface area (Å²) >= 11 is 0.